The molecule has 0 radical (unpaired) electrons. The molecule has 1 atom stereocenters. The Balaban J connectivity index is 1.68. The second-order valence-corrected chi connectivity index (χ2v) is 7.26. The number of alkyl carbamates (subject to hydrolysis) is 1. The summed E-state index contributed by atoms with van der Waals surface area (Å²) in [6.07, 6.45) is 7.97. The first-order valence-corrected chi connectivity index (χ1v) is 9.32. The highest BCUT2D eigenvalue weighted by atomic mass is 32.1. The van der Waals surface area contributed by atoms with Crippen molar-refractivity contribution in [2.75, 3.05) is 19.0 Å². The first kappa shape index (κ1) is 18.7. The maximum Gasteiger partial charge on any atom is 0.406 e. The monoisotopic (exact) mass is 385 g/mol. The fraction of sp³-hybridized carbons (Fsp3) is 0.316. The zero-order valence-electron chi connectivity index (χ0n) is 14.8. The molecule has 8 heteroatoms. The van der Waals surface area contributed by atoms with E-state index in [1.165, 1.54) is 37.0 Å². The Labute approximate surface area is 160 Å². The number of furan rings is 1. The molecule has 2 amide bonds. The van der Waals surface area contributed by atoms with Gasteiger partial charge in [-0.05, 0) is 42.9 Å². The summed E-state index contributed by atoms with van der Waals surface area (Å²) in [7, 11) is 1.52. The summed E-state index contributed by atoms with van der Waals surface area (Å²) in [5, 5.41) is 15.3. The van der Waals surface area contributed by atoms with Crippen molar-refractivity contribution in [1.82, 2.24) is 5.32 Å². The largest absolute Gasteiger partial charge is 0.472 e. The third-order valence-electron chi connectivity index (χ3n) is 4.34. The summed E-state index contributed by atoms with van der Waals surface area (Å²) >= 11 is 1.42. The fourth-order valence-corrected chi connectivity index (χ4v) is 4.28. The van der Waals surface area contributed by atoms with Crippen LogP contribution in [0.15, 0.2) is 29.1 Å². The van der Waals surface area contributed by atoms with E-state index in [1.807, 2.05) is 0 Å². The van der Waals surface area contributed by atoms with Gasteiger partial charge in [0.1, 0.15) is 11.1 Å². The molecule has 2 aromatic rings. The van der Waals surface area contributed by atoms with Gasteiger partial charge in [0.2, 0.25) is 5.91 Å². The van der Waals surface area contributed by atoms with Crippen LogP contribution in [0.1, 0.15) is 28.0 Å². The lowest BCUT2D eigenvalue weighted by Crippen LogP contribution is -2.25. The van der Waals surface area contributed by atoms with Crippen LogP contribution in [0, 0.1) is 17.2 Å². The Morgan fingerprint density at radius 3 is 3.07 bits per heavy atom. The smallest absolute Gasteiger partial charge is 0.406 e. The van der Waals surface area contributed by atoms with Gasteiger partial charge in [-0.25, -0.2) is 4.79 Å². The van der Waals surface area contributed by atoms with Crippen LogP contribution in [0.5, 0.6) is 0 Å². The van der Waals surface area contributed by atoms with Gasteiger partial charge in [-0.3, -0.25) is 4.79 Å². The van der Waals surface area contributed by atoms with Crippen LogP contribution in [0.2, 0.25) is 0 Å². The lowest BCUT2D eigenvalue weighted by atomic mass is 9.88. The SMILES string of the molecule is CNC(=O)OCC1CCc2c(sc(NC(=O)C=Cc3ccoc3)c2C#N)C1. The number of hydrogen-bond acceptors (Lipinski definition) is 6. The van der Waals surface area contributed by atoms with Gasteiger partial charge in [-0.2, -0.15) is 5.26 Å². The highest BCUT2D eigenvalue weighted by molar-refractivity contribution is 7.16. The van der Waals surface area contributed by atoms with E-state index < -0.39 is 6.09 Å². The Hall–Kier alpha value is -3.05. The highest BCUT2D eigenvalue weighted by Crippen LogP contribution is 2.39. The predicted octanol–water partition coefficient (Wildman–Crippen LogP) is 3.33. The van der Waals surface area contributed by atoms with Crippen molar-refractivity contribution >= 4 is 34.4 Å². The molecule has 2 N–H and O–H groups in total. The quantitative estimate of drug-likeness (QED) is 0.768. The molecule has 0 bridgehead atoms. The molecular formula is C19H19N3O4S. The van der Waals surface area contributed by atoms with Crippen LogP contribution in [-0.2, 0) is 22.4 Å². The molecule has 2 heterocycles. The van der Waals surface area contributed by atoms with Crippen molar-refractivity contribution in [2.24, 2.45) is 5.92 Å². The average Bonchev–Trinajstić information content (AvgIpc) is 3.31. The Morgan fingerprint density at radius 1 is 1.52 bits per heavy atom. The van der Waals surface area contributed by atoms with Gasteiger partial charge in [0.15, 0.2) is 0 Å². The van der Waals surface area contributed by atoms with Crippen LogP contribution in [0.25, 0.3) is 6.08 Å². The number of carbonyl (C=O) groups is 2. The van der Waals surface area contributed by atoms with Crippen molar-refractivity contribution in [2.45, 2.75) is 19.3 Å². The van der Waals surface area contributed by atoms with Gasteiger partial charge >= 0.3 is 6.09 Å². The zero-order chi connectivity index (χ0) is 19.2. The lowest BCUT2D eigenvalue weighted by Gasteiger charge is -2.21. The van der Waals surface area contributed by atoms with Gasteiger partial charge in [0.05, 0.1) is 24.7 Å². The number of anilines is 1. The third kappa shape index (κ3) is 4.57. The van der Waals surface area contributed by atoms with E-state index in [0.29, 0.717) is 17.2 Å². The van der Waals surface area contributed by atoms with Crippen LogP contribution in [0.4, 0.5) is 9.80 Å². The van der Waals surface area contributed by atoms with Gasteiger partial charge in [0.25, 0.3) is 0 Å². The van der Waals surface area contributed by atoms with E-state index in [4.69, 9.17) is 9.15 Å². The molecule has 27 heavy (non-hydrogen) atoms. The molecule has 0 saturated heterocycles. The third-order valence-corrected chi connectivity index (χ3v) is 5.51. The topological polar surface area (TPSA) is 104 Å². The number of nitrogens with zero attached hydrogens (tertiary/aromatic N) is 1. The molecule has 2 aromatic heterocycles. The van der Waals surface area contributed by atoms with Crippen molar-refractivity contribution in [3.8, 4) is 6.07 Å². The molecule has 0 saturated carbocycles. The van der Waals surface area contributed by atoms with E-state index in [0.717, 1.165) is 35.3 Å². The number of ether oxygens (including phenoxy) is 1. The molecule has 0 aromatic carbocycles. The van der Waals surface area contributed by atoms with Crippen molar-refractivity contribution < 1.29 is 18.7 Å². The van der Waals surface area contributed by atoms with Gasteiger partial charge in [-0.1, -0.05) is 0 Å². The summed E-state index contributed by atoms with van der Waals surface area (Å²) in [5.41, 5.74) is 2.31. The second-order valence-electron chi connectivity index (χ2n) is 6.16. The number of nitrogens with one attached hydrogen (secondary N) is 2. The van der Waals surface area contributed by atoms with Gasteiger partial charge in [0, 0.05) is 23.6 Å². The van der Waals surface area contributed by atoms with Gasteiger partial charge in [-0.15, -0.1) is 11.3 Å². The van der Waals surface area contributed by atoms with Crippen molar-refractivity contribution in [1.29, 1.82) is 5.26 Å². The number of nitriles is 1. The number of amides is 2. The summed E-state index contributed by atoms with van der Waals surface area (Å²) in [5.74, 6) is -0.0877. The summed E-state index contributed by atoms with van der Waals surface area (Å²) < 4.78 is 10.1. The van der Waals surface area contributed by atoms with Crippen LogP contribution in [0.3, 0.4) is 0 Å². The lowest BCUT2D eigenvalue weighted by molar-refractivity contribution is -0.111. The maximum absolute atomic E-state index is 12.2. The highest BCUT2D eigenvalue weighted by Gasteiger charge is 2.27. The minimum atomic E-state index is -0.443. The number of rotatable bonds is 5. The summed E-state index contributed by atoms with van der Waals surface area (Å²) in [6.45, 7) is 0.341. The molecule has 1 aliphatic carbocycles. The van der Waals surface area contributed by atoms with Crippen molar-refractivity contribution in [3.63, 3.8) is 0 Å². The predicted molar refractivity (Wildman–Crippen MR) is 101 cm³/mol. The number of carbonyl (C=O) groups excluding carboxylic acids is 2. The summed E-state index contributed by atoms with van der Waals surface area (Å²) in [4.78, 5) is 24.5. The number of fused-ring (bicyclic) bond motifs is 1. The van der Waals surface area contributed by atoms with E-state index in [9.17, 15) is 14.9 Å². The van der Waals surface area contributed by atoms with E-state index in [1.54, 1.807) is 12.1 Å². The minimum Gasteiger partial charge on any atom is -0.472 e. The van der Waals surface area contributed by atoms with E-state index in [2.05, 4.69) is 16.7 Å². The normalized spacial score (nSPS) is 15.8. The minimum absolute atomic E-state index is 0.213. The van der Waals surface area contributed by atoms with E-state index >= 15 is 0 Å². The first-order chi connectivity index (χ1) is 13.1. The van der Waals surface area contributed by atoms with Crippen LogP contribution in [-0.4, -0.2) is 25.7 Å². The van der Waals surface area contributed by atoms with Gasteiger partial charge < -0.3 is 19.8 Å². The number of thiophene rings is 1. The Bertz CT molecular complexity index is 893. The standard InChI is InChI=1S/C19H19N3O4S/c1-21-19(24)26-11-13-2-4-14-15(9-20)18(27-16(14)8-13)22-17(23)5-3-12-6-7-25-10-12/h3,5-7,10,13H,2,4,8,11H2,1H3,(H,21,24)(H,22,23). The molecule has 0 fully saturated rings. The maximum atomic E-state index is 12.2. The van der Waals surface area contributed by atoms with Crippen LogP contribution < -0.4 is 10.6 Å². The first-order valence-electron chi connectivity index (χ1n) is 8.51. The molecule has 0 spiro atoms. The molecule has 3 rings (SSSR count). The fourth-order valence-electron chi connectivity index (χ4n) is 2.96. The molecule has 7 nitrogen and oxygen atoms in total. The summed E-state index contributed by atoms with van der Waals surface area (Å²) in [6, 6.07) is 3.96. The number of hydrogen-bond donors (Lipinski definition) is 2. The van der Waals surface area contributed by atoms with Crippen LogP contribution >= 0.6 is 11.3 Å². The van der Waals surface area contributed by atoms with E-state index in [-0.39, 0.29) is 11.8 Å². The molecular weight excluding hydrogens is 366 g/mol. The zero-order valence-corrected chi connectivity index (χ0v) is 15.6. The molecule has 140 valence electrons. The molecule has 1 aliphatic rings. The molecule has 0 aliphatic heterocycles. The van der Waals surface area contributed by atoms with Crippen molar-refractivity contribution in [3.05, 3.63) is 46.2 Å². The molecule has 1 unspecified atom stereocenters. The Kier molecular flexibility index (Phi) is 5.94. The Morgan fingerprint density at radius 2 is 2.37 bits per heavy atom. The average molecular weight is 385 g/mol. The second kappa shape index (κ2) is 8.56.